The van der Waals surface area contributed by atoms with E-state index in [2.05, 4.69) is 58.2 Å². The van der Waals surface area contributed by atoms with Gasteiger partial charge in [0, 0.05) is 19.3 Å². The molecule has 0 atom stereocenters. The van der Waals surface area contributed by atoms with E-state index in [1.165, 1.54) is 24.1 Å². The van der Waals surface area contributed by atoms with Crippen LogP contribution in [0.3, 0.4) is 0 Å². The fourth-order valence-electron chi connectivity index (χ4n) is 3.75. The van der Waals surface area contributed by atoms with Crippen LogP contribution in [-0.2, 0) is 6.54 Å². The highest BCUT2D eigenvalue weighted by atomic mass is 16.5. The predicted molar refractivity (Wildman–Crippen MR) is 117 cm³/mol. The number of unbranched alkanes of at least 4 members (excludes halogenated alkanes) is 1. The average molecular weight is 391 g/mol. The number of hydrogen-bond acceptors (Lipinski definition) is 5. The number of benzene rings is 2. The SMILES string of the molecule is CCCCN1CN(CCOc2ccccc2)C=C2C1=NCN2Cc1ccccc1. The van der Waals surface area contributed by atoms with Crippen molar-refractivity contribution in [3.05, 3.63) is 78.1 Å². The number of hydrogen-bond donors (Lipinski definition) is 0. The maximum atomic E-state index is 5.93. The quantitative estimate of drug-likeness (QED) is 0.644. The van der Waals surface area contributed by atoms with Crippen LogP contribution in [0.25, 0.3) is 0 Å². The Morgan fingerprint density at radius 2 is 1.69 bits per heavy atom. The van der Waals surface area contributed by atoms with Crippen LogP contribution in [-0.4, -0.2) is 53.6 Å². The van der Waals surface area contributed by atoms with Crippen molar-refractivity contribution in [1.82, 2.24) is 14.7 Å². The first-order chi connectivity index (χ1) is 14.3. The smallest absolute Gasteiger partial charge is 0.152 e. The highest BCUT2D eigenvalue weighted by Crippen LogP contribution is 2.25. The van der Waals surface area contributed by atoms with Crippen molar-refractivity contribution in [2.24, 2.45) is 4.99 Å². The maximum absolute atomic E-state index is 5.93. The highest BCUT2D eigenvalue weighted by molar-refractivity contribution is 5.99. The average Bonchev–Trinajstić information content (AvgIpc) is 3.16. The fourth-order valence-corrected chi connectivity index (χ4v) is 3.75. The van der Waals surface area contributed by atoms with E-state index >= 15 is 0 Å². The Kier molecular flexibility index (Phi) is 6.35. The molecule has 152 valence electrons. The largest absolute Gasteiger partial charge is 0.492 e. The normalized spacial score (nSPS) is 15.8. The van der Waals surface area contributed by atoms with Gasteiger partial charge in [-0.1, -0.05) is 61.9 Å². The van der Waals surface area contributed by atoms with Crippen LogP contribution in [0.15, 0.2) is 77.6 Å². The summed E-state index contributed by atoms with van der Waals surface area (Å²) in [6, 6.07) is 20.7. The van der Waals surface area contributed by atoms with Gasteiger partial charge in [-0.05, 0) is 24.1 Å². The van der Waals surface area contributed by atoms with Gasteiger partial charge in [0.25, 0.3) is 0 Å². The van der Waals surface area contributed by atoms with Crippen LogP contribution in [0.5, 0.6) is 5.75 Å². The van der Waals surface area contributed by atoms with Gasteiger partial charge in [-0.2, -0.15) is 0 Å². The number of amidine groups is 1. The zero-order valence-corrected chi connectivity index (χ0v) is 17.2. The molecule has 0 aromatic heterocycles. The topological polar surface area (TPSA) is 31.3 Å². The summed E-state index contributed by atoms with van der Waals surface area (Å²) in [6.45, 7) is 7.29. The van der Waals surface area contributed by atoms with E-state index in [4.69, 9.17) is 9.73 Å². The molecule has 0 spiro atoms. The molecule has 4 rings (SSSR count). The van der Waals surface area contributed by atoms with E-state index in [0.29, 0.717) is 6.61 Å². The summed E-state index contributed by atoms with van der Waals surface area (Å²) in [7, 11) is 0. The number of aliphatic imine (C=N–C) groups is 1. The molecule has 0 saturated carbocycles. The Morgan fingerprint density at radius 3 is 2.45 bits per heavy atom. The molecule has 2 aromatic carbocycles. The van der Waals surface area contributed by atoms with Gasteiger partial charge in [0.2, 0.25) is 0 Å². The van der Waals surface area contributed by atoms with Crippen LogP contribution in [0, 0.1) is 0 Å². The standard InChI is InChI=1S/C24H30N4O/c1-2-3-14-27-20-26(15-16-29-22-12-8-5-9-13-22)18-23-24(27)25-19-28(23)17-21-10-6-4-7-11-21/h4-13,18H,2-3,14-17,19-20H2,1H3. The second-order valence-corrected chi connectivity index (χ2v) is 7.55. The fraction of sp³-hybridized carbons (Fsp3) is 0.375. The number of ether oxygens (including phenoxy) is 1. The van der Waals surface area contributed by atoms with Crippen molar-refractivity contribution in [2.45, 2.75) is 26.3 Å². The minimum Gasteiger partial charge on any atom is -0.492 e. The third-order valence-corrected chi connectivity index (χ3v) is 5.31. The van der Waals surface area contributed by atoms with E-state index in [1.807, 2.05) is 30.3 Å². The molecule has 2 aliphatic rings. The summed E-state index contributed by atoms with van der Waals surface area (Å²) in [4.78, 5) is 12.0. The van der Waals surface area contributed by atoms with Gasteiger partial charge in [0.15, 0.2) is 5.84 Å². The number of rotatable bonds is 9. The lowest BCUT2D eigenvalue weighted by molar-refractivity contribution is 0.189. The maximum Gasteiger partial charge on any atom is 0.152 e. The first kappa shape index (κ1) is 19.4. The third kappa shape index (κ3) is 4.91. The van der Waals surface area contributed by atoms with Crippen LogP contribution in [0.1, 0.15) is 25.3 Å². The Labute approximate surface area is 173 Å². The monoisotopic (exact) mass is 390 g/mol. The molecule has 2 heterocycles. The van der Waals surface area contributed by atoms with Gasteiger partial charge < -0.3 is 19.4 Å². The van der Waals surface area contributed by atoms with Gasteiger partial charge >= 0.3 is 0 Å². The van der Waals surface area contributed by atoms with Crippen LogP contribution in [0.4, 0.5) is 0 Å². The van der Waals surface area contributed by atoms with E-state index in [0.717, 1.165) is 44.6 Å². The van der Waals surface area contributed by atoms with Crippen molar-refractivity contribution in [2.75, 3.05) is 33.0 Å². The second kappa shape index (κ2) is 9.50. The molecule has 5 heteroatoms. The highest BCUT2D eigenvalue weighted by Gasteiger charge is 2.31. The molecule has 2 aromatic rings. The Hall–Kier alpha value is -2.95. The minimum atomic E-state index is 0.667. The molecule has 29 heavy (non-hydrogen) atoms. The van der Waals surface area contributed by atoms with Crippen molar-refractivity contribution in [3.63, 3.8) is 0 Å². The predicted octanol–water partition coefficient (Wildman–Crippen LogP) is 4.15. The Bertz CT molecular complexity index is 834. The van der Waals surface area contributed by atoms with Gasteiger partial charge in [-0.15, -0.1) is 0 Å². The van der Waals surface area contributed by atoms with E-state index in [1.54, 1.807) is 0 Å². The van der Waals surface area contributed by atoms with Crippen LogP contribution >= 0.6 is 0 Å². The molecule has 0 saturated heterocycles. The van der Waals surface area contributed by atoms with Crippen LogP contribution in [0.2, 0.25) is 0 Å². The molecule has 0 unspecified atom stereocenters. The molecule has 5 nitrogen and oxygen atoms in total. The zero-order valence-electron chi connectivity index (χ0n) is 17.2. The lowest BCUT2D eigenvalue weighted by atomic mass is 10.2. The molecular weight excluding hydrogens is 360 g/mol. The third-order valence-electron chi connectivity index (χ3n) is 5.31. The first-order valence-electron chi connectivity index (χ1n) is 10.6. The Balaban J connectivity index is 1.44. The molecule has 0 bridgehead atoms. The lowest BCUT2D eigenvalue weighted by Gasteiger charge is -2.37. The van der Waals surface area contributed by atoms with Crippen molar-refractivity contribution >= 4 is 5.84 Å². The summed E-state index contributed by atoms with van der Waals surface area (Å²) < 4.78 is 5.93. The lowest BCUT2D eigenvalue weighted by Crippen LogP contribution is -2.47. The summed E-state index contributed by atoms with van der Waals surface area (Å²) in [5.74, 6) is 2.07. The second-order valence-electron chi connectivity index (χ2n) is 7.55. The Morgan fingerprint density at radius 1 is 0.931 bits per heavy atom. The summed E-state index contributed by atoms with van der Waals surface area (Å²) in [5.41, 5.74) is 2.55. The molecule has 0 radical (unpaired) electrons. The number of fused-ring (bicyclic) bond motifs is 1. The first-order valence-corrected chi connectivity index (χ1v) is 10.6. The van der Waals surface area contributed by atoms with E-state index in [9.17, 15) is 0 Å². The molecule has 0 amide bonds. The summed E-state index contributed by atoms with van der Waals surface area (Å²) in [6.07, 6.45) is 4.64. The number of nitrogens with zero attached hydrogens (tertiary/aromatic N) is 4. The van der Waals surface area contributed by atoms with Gasteiger partial charge in [0.05, 0.1) is 18.9 Å². The molecule has 2 aliphatic heterocycles. The van der Waals surface area contributed by atoms with Crippen molar-refractivity contribution in [1.29, 1.82) is 0 Å². The minimum absolute atomic E-state index is 0.667. The van der Waals surface area contributed by atoms with Crippen molar-refractivity contribution < 1.29 is 4.74 Å². The van der Waals surface area contributed by atoms with Gasteiger partial charge in [-0.25, -0.2) is 4.99 Å². The van der Waals surface area contributed by atoms with Crippen molar-refractivity contribution in [3.8, 4) is 5.75 Å². The molecule has 0 N–H and O–H groups in total. The number of para-hydroxylation sites is 1. The van der Waals surface area contributed by atoms with Crippen LogP contribution < -0.4 is 4.74 Å². The van der Waals surface area contributed by atoms with Gasteiger partial charge in [-0.3, -0.25) is 0 Å². The summed E-state index contributed by atoms with van der Waals surface area (Å²) >= 11 is 0. The van der Waals surface area contributed by atoms with Gasteiger partial charge in [0.1, 0.15) is 19.0 Å². The van der Waals surface area contributed by atoms with E-state index in [-0.39, 0.29) is 0 Å². The zero-order chi connectivity index (χ0) is 19.9. The summed E-state index contributed by atoms with van der Waals surface area (Å²) in [5, 5.41) is 0. The molecular formula is C24H30N4O. The van der Waals surface area contributed by atoms with E-state index < -0.39 is 0 Å². The molecule has 0 aliphatic carbocycles. The molecule has 0 fully saturated rings.